The lowest BCUT2D eigenvalue weighted by Gasteiger charge is -2.26. The number of benzene rings is 1. The predicted octanol–water partition coefficient (Wildman–Crippen LogP) is 4.94. The van der Waals surface area contributed by atoms with Crippen LogP contribution >= 0.6 is 11.3 Å². The van der Waals surface area contributed by atoms with Gasteiger partial charge in [0.15, 0.2) is 0 Å². The normalized spacial score (nSPS) is 14.6. The van der Waals surface area contributed by atoms with Crippen LogP contribution in [0.2, 0.25) is 0 Å². The molecule has 1 heterocycles. The summed E-state index contributed by atoms with van der Waals surface area (Å²) < 4.78 is 13.3. The molecule has 1 unspecified atom stereocenters. The fourth-order valence-corrected chi connectivity index (χ4v) is 3.17. The second-order valence-electron chi connectivity index (χ2n) is 5.18. The van der Waals surface area contributed by atoms with Crippen molar-refractivity contribution in [1.82, 2.24) is 5.32 Å². The highest BCUT2D eigenvalue weighted by molar-refractivity contribution is 7.10. The molecule has 2 atom stereocenters. The van der Waals surface area contributed by atoms with Crippen molar-refractivity contribution in [3.05, 3.63) is 58.0 Å². The smallest absolute Gasteiger partial charge is 0.123 e. The molecule has 0 aliphatic carbocycles. The highest BCUT2D eigenvalue weighted by Crippen LogP contribution is 2.28. The molecular weight excluding hydrogens is 257 g/mol. The molecule has 0 bridgehead atoms. The van der Waals surface area contributed by atoms with Gasteiger partial charge in [-0.15, -0.1) is 11.3 Å². The first-order chi connectivity index (χ1) is 9.08. The van der Waals surface area contributed by atoms with Gasteiger partial charge in [0.05, 0.1) is 0 Å². The molecule has 1 N–H and O–H groups in total. The van der Waals surface area contributed by atoms with E-state index in [-0.39, 0.29) is 11.9 Å². The van der Waals surface area contributed by atoms with Gasteiger partial charge in [0, 0.05) is 17.0 Å². The van der Waals surface area contributed by atoms with E-state index in [9.17, 15) is 4.39 Å². The largest absolute Gasteiger partial charge is 0.302 e. The van der Waals surface area contributed by atoms with Crippen LogP contribution < -0.4 is 5.32 Å². The van der Waals surface area contributed by atoms with Crippen molar-refractivity contribution in [3.8, 4) is 0 Å². The van der Waals surface area contributed by atoms with Crippen LogP contribution in [0.4, 0.5) is 4.39 Å². The summed E-state index contributed by atoms with van der Waals surface area (Å²) in [6, 6.07) is 11.5. The predicted molar refractivity (Wildman–Crippen MR) is 79.8 cm³/mol. The quantitative estimate of drug-likeness (QED) is 0.816. The standard InChI is InChI=1S/C16H20FNS/c1-11(2)16(15-8-5-9-19-15)18-12(3)13-6-4-7-14(17)10-13/h4-12,16,18H,1-3H3/t12-,16?/m1/s1. The summed E-state index contributed by atoms with van der Waals surface area (Å²) in [5, 5.41) is 5.70. The minimum Gasteiger partial charge on any atom is -0.302 e. The molecule has 0 aliphatic rings. The van der Waals surface area contributed by atoms with Gasteiger partial charge in [-0.2, -0.15) is 0 Å². The summed E-state index contributed by atoms with van der Waals surface area (Å²) >= 11 is 1.76. The molecule has 0 saturated heterocycles. The second kappa shape index (κ2) is 6.31. The van der Waals surface area contributed by atoms with Crippen LogP contribution in [0.15, 0.2) is 41.8 Å². The Morgan fingerprint density at radius 1 is 1.11 bits per heavy atom. The van der Waals surface area contributed by atoms with E-state index in [4.69, 9.17) is 0 Å². The number of thiophene rings is 1. The van der Waals surface area contributed by atoms with Crippen molar-refractivity contribution in [2.75, 3.05) is 0 Å². The number of rotatable bonds is 5. The van der Waals surface area contributed by atoms with Crippen LogP contribution in [0.1, 0.15) is 43.3 Å². The third-order valence-electron chi connectivity index (χ3n) is 3.29. The zero-order valence-corrected chi connectivity index (χ0v) is 12.4. The molecule has 0 aliphatic heterocycles. The highest BCUT2D eigenvalue weighted by Gasteiger charge is 2.19. The fourth-order valence-electron chi connectivity index (χ4n) is 2.21. The van der Waals surface area contributed by atoms with E-state index in [1.807, 2.05) is 6.07 Å². The molecule has 3 heteroatoms. The van der Waals surface area contributed by atoms with E-state index in [1.54, 1.807) is 23.5 Å². The summed E-state index contributed by atoms with van der Waals surface area (Å²) in [6.45, 7) is 6.49. The Hall–Kier alpha value is -1.19. The Bertz CT molecular complexity index is 507. The molecule has 0 fully saturated rings. The molecular formula is C16H20FNS. The number of halogens is 1. The fraction of sp³-hybridized carbons (Fsp3) is 0.375. The highest BCUT2D eigenvalue weighted by atomic mass is 32.1. The number of hydrogen-bond acceptors (Lipinski definition) is 2. The van der Waals surface area contributed by atoms with Gasteiger partial charge in [0.25, 0.3) is 0 Å². The summed E-state index contributed by atoms with van der Waals surface area (Å²) in [5.74, 6) is 0.318. The van der Waals surface area contributed by atoms with E-state index in [0.717, 1.165) is 5.56 Å². The van der Waals surface area contributed by atoms with E-state index < -0.39 is 0 Å². The van der Waals surface area contributed by atoms with E-state index in [2.05, 4.69) is 43.6 Å². The maximum absolute atomic E-state index is 13.3. The zero-order valence-electron chi connectivity index (χ0n) is 11.6. The Morgan fingerprint density at radius 3 is 2.47 bits per heavy atom. The Balaban J connectivity index is 2.14. The first-order valence-corrected chi connectivity index (χ1v) is 7.51. The topological polar surface area (TPSA) is 12.0 Å². The monoisotopic (exact) mass is 277 g/mol. The number of nitrogens with one attached hydrogen (secondary N) is 1. The first kappa shape index (κ1) is 14.2. The first-order valence-electron chi connectivity index (χ1n) is 6.63. The van der Waals surface area contributed by atoms with E-state index in [0.29, 0.717) is 12.0 Å². The van der Waals surface area contributed by atoms with Crippen molar-refractivity contribution in [2.45, 2.75) is 32.9 Å². The van der Waals surface area contributed by atoms with Crippen LogP contribution in [-0.4, -0.2) is 0 Å². The van der Waals surface area contributed by atoms with Crippen LogP contribution in [0, 0.1) is 11.7 Å². The van der Waals surface area contributed by atoms with Crippen molar-refractivity contribution in [1.29, 1.82) is 0 Å². The van der Waals surface area contributed by atoms with Crippen LogP contribution in [0.3, 0.4) is 0 Å². The van der Waals surface area contributed by atoms with Gasteiger partial charge in [-0.3, -0.25) is 0 Å². The minimum absolute atomic E-state index is 0.130. The lowest BCUT2D eigenvalue weighted by Crippen LogP contribution is -2.27. The van der Waals surface area contributed by atoms with Gasteiger partial charge >= 0.3 is 0 Å². The lowest BCUT2D eigenvalue weighted by molar-refractivity contribution is 0.379. The zero-order chi connectivity index (χ0) is 13.8. The van der Waals surface area contributed by atoms with Gasteiger partial charge in [-0.05, 0) is 42.0 Å². The van der Waals surface area contributed by atoms with Gasteiger partial charge in [-0.1, -0.05) is 32.0 Å². The number of hydrogen-bond donors (Lipinski definition) is 1. The summed E-state index contributed by atoms with van der Waals surface area (Å²) in [4.78, 5) is 1.33. The maximum atomic E-state index is 13.3. The Labute approximate surface area is 118 Å². The van der Waals surface area contributed by atoms with Gasteiger partial charge in [0.1, 0.15) is 5.82 Å². The summed E-state index contributed by atoms with van der Waals surface area (Å²) in [5.41, 5.74) is 0.988. The third-order valence-corrected chi connectivity index (χ3v) is 4.25. The van der Waals surface area contributed by atoms with Crippen molar-refractivity contribution in [2.24, 2.45) is 5.92 Å². The molecule has 102 valence electrons. The molecule has 0 amide bonds. The Morgan fingerprint density at radius 2 is 1.89 bits per heavy atom. The molecule has 1 aromatic heterocycles. The summed E-state index contributed by atoms with van der Waals surface area (Å²) in [6.07, 6.45) is 0. The molecule has 0 saturated carbocycles. The molecule has 2 aromatic rings. The van der Waals surface area contributed by atoms with Gasteiger partial charge in [0.2, 0.25) is 0 Å². The van der Waals surface area contributed by atoms with Crippen molar-refractivity contribution < 1.29 is 4.39 Å². The van der Waals surface area contributed by atoms with E-state index in [1.165, 1.54) is 10.9 Å². The summed E-state index contributed by atoms with van der Waals surface area (Å²) in [7, 11) is 0. The average molecular weight is 277 g/mol. The molecule has 2 rings (SSSR count). The molecule has 0 radical (unpaired) electrons. The third kappa shape index (κ3) is 3.64. The maximum Gasteiger partial charge on any atom is 0.123 e. The minimum atomic E-state index is -0.177. The van der Waals surface area contributed by atoms with Gasteiger partial charge < -0.3 is 5.32 Å². The molecule has 19 heavy (non-hydrogen) atoms. The van der Waals surface area contributed by atoms with Crippen molar-refractivity contribution in [3.63, 3.8) is 0 Å². The molecule has 1 aromatic carbocycles. The van der Waals surface area contributed by atoms with Crippen LogP contribution in [-0.2, 0) is 0 Å². The van der Waals surface area contributed by atoms with Gasteiger partial charge in [-0.25, -0.2) is 4.39 Å². The molecule has 0 spiro atoms. The SMILES string of the molecule is CC(C)C(N[C@H](C)c1cccc(F)c1)c1cccs1. The molecule has 1 nitrogen and oxygen atoms in total. The van der Waals surface area contributed by atoms with Crippen LogP contribution in [0.25, 0.3) is 0 Å². The second-order valence-corrected chi connectivity index (χ2v) is 6.16. The lowest BCUT2D eigenvalue weighted by atomic mass is 10.00. The Kier molecular flexibility index (Phi) is 4.72. The van der Waals surface area contributed by atoms with E-state index >= 15 is 0 Å². The van der Waals surface area contributed by atoms with Crippen LogP contribution in [0.5, 0.6) is 0 Å². The average Bonchev–Trinajstić information content (AvgIpc) is 2.88. The van der Waals surface area contributed by atoms with Crippen molar-refractivity contribution >= 4 is 11.3 Å².